The van der Waals surface area contributed by atoms with E-state index in [0.29, 0.717) is 18.0 Å². The van der Waals surface area contributed by atoms with E-state index >= 15 is 0 Å². The van der Waals surface area contributed by atoms with E-state index in [-0.39, 0.29) is 17.9 Å². The van der Waals surface area contributed by atoms with Crippen LogP contribution in [-0.4, -0.2) is 24.2 Å². The maximum Gasteiger partial charge on any atom is 0.244 e. The molecule has 0 atom stereocenters. The predicted octanol–water partition coefficient (Wildman–Crippen LogP) is 3.27. The van der Waals surface area contributed by atoms with E-state index in [1.54, 1.807) is 12.1 Å². The SMILES string of the molecule is C/C(=C/C(=O)NCC(C)(C)CCO)c1cccc(Cl)c1. The molecule has 1 rings (SSSR count). The zero-order valence-electron chi connectivity index (χ0n) is 12.2. The Kier molecular flexibility index (Phi) is 6.24. The smallest absolute Gasteiger partial charge is 0.244 e. The van der Waals surface area contributed by atoms with Crippen LogP contribution in [0.4, 0.5) is 0 Å². The Morgan fingerprint density at radius 2 is 2.15 bits per heavy atom. The summed E-state index contributed by atoms with van der Waals surface area (Å²) in [6.07, 6.45) is 2.23. The number of benzene rings is 1. The van der Waals surface area contributed by atoms with E-state index in [2.05, 4.69) is 5.32 Å². The van der Waals surface area contributed by atoms with E-state index in [9.17, 15) is 4.79 Å². The molecule has 0 heterocycles. The molecular weight excluding hydrogens is 274 g/mol. The van der Waals surface area contributed by atoms with Crippen molar-refractivity contribution in [2.45, 2.75) is 27.2 Å². The third-order valence-corrected chi connectivity index (χ3v) is 3.39. The highest BCUT2D eigenvalue weighted by Crippen LogP contribution is 2.19. The molecule has 0 fully saturated rings. The van der Waals surface area contributed by atoms with Crippen molar-refractivity contribution in [3.8, 4) is 0 Å². The molecule has 0 aliphatic heterocycles. The van der Waals surface area contributed by atoms with Gasteiger partial charge in [-0.2, -0.15) is 0 Å². The molecule has 0 radical (unpaired) electrons. The predicted molar refractivity (Wildman–Crippen MR) is 83.6 cm³/mol. The van der Waals surface area contributed by atoms with Crippen LogP contribution in [0.5, 0.6) is 0 Å². The van der Waals surface area contributed by atoms with Crippen LogP contribution in [0, 0.1) is 5.41 Å². The number of carbonyl (C=O) groups is 1. The van der Waals surface area contributed by atoms with E-state index in [0.717, 1.165) is 11.1 Å². The maximum absolute atomic E-state index is 11.9. The van der Waals surface area contributed by atoms with E-state index < -0.39 is 0 Å². The highest BCUT2D eigenvalue weighted by atomic mass is 35.5. The fourth-order valence-corrected chi connectivity index (χ4v) is 1.97. The third-order valence-electron chi connectivity index (χ3n) is 3.16. The Hall–Kier alpha value is -1.32. The van der Waals surface area contributed by atoms with Crippen molar-refractivity contribution < 1.29 is 9.90 Å². The Bertz CT molecular complexity index is 495. The first kappa shape index (κ1) is 16.7. The van der Waals surface area contributed by atoms with Crippen molar-refractivity contribution in [3.05, 3.63) is 40.9 Å². The van der Waals surface area contributed by atoms with Gasteiger partial charge in [-0.3, -0.25) is 4.79 Å². The molecule has 110 valence electrons. The van der Waals surface area contributed by atoms with E-state index in [4.69, 9.17) is 16.7 Å². The lowest BCUT2D eigenvalue weighted by molar-refractivity contribution is -0.116. The molecular formula is C16H22ClNO2. The number of rotatable bonds is 6. The topological polar surface area (TPSA) is 49.3 Å². The number of hydrogen-bond donors (Lipinski definition) is 2. The second-order valence-corrected chi connectivity index (χ2v) is 6.13. The normalized spacial score (nSPS) is 12.3. The van der Waals surface area contributed by atoms with E-state index in [1.165, 1.54) is 0 Å². The van der Waals surface area contributed by atoms with Crippen molar-refractivity contribution in [1.82, 2.24) is 5.32 Å². The summed E-state index contributed by atoms with van der Waals surface area (Å²) in [4.78, 5) is 11.9. The number of hydrogen-bond acceptors (Lipinski definition) is 2. The van der Waals surface area contributed by atoms with Crippen LogP contribution >= 0.6 is 11.6 Å². The average molecular weight is 296 g/mol. The minimum absolute atomic E-state index is 0.109. The lowest BCUT2D eigenvalue weighted by Crippen LogP contribution is -2.33. The van der Waals surface area contributed by atoms with Gasteiger partial charge in [-0.05, 0) is 42.0 Å². The molecule has 0 saturated carbocycles. The number of carbonyl (C=O) groups excluding carboxylic acids is 1. The summed E-state index contributed by atoms with van der Waals surface area (Å²) in [6.45, 7) is 6.56. The lowest BCUT2D eigenvalue weighted by atomic mass is 9.90. The zero-order valence-corrected chi connectivity index (χ0v) is 13.0. The van der Waals surface area contributed by atoms with Crippen LogP contribution in [0.2, 0.25) is 5.02 Å². The van der Waals surface area contributed by atoms with Crippen molar-refractivity contribution in [3.63, 3.8) is 0 Å². The van der Waals surface area contributed by atoms with Crippen LogP contribution in [0.25, 0.3) is 5.57 Å². The van der Waals surface area contributed by atoms with Gasteiger partial charge in [0.05, 0.1) is 0 Å². The Labute approximate surface area is 125 Å². The second kappa shape index (κ2) is 7.46. The number of nitrogens with one attached hydrogen (secondary N) is 1. The van der Waals surface area contributed by atoms with Crippen molar-refractivity contribution >= 4 is 23.1 Å². The number of aliphatic hydroxyl groups excluding tert-OH is 1. The van der Waals surface area contributed by atoms with E-state index in [1.807, 2.05) is 39.0 Å². The average Bonchev–Trinajstić information content (AvgIpc) is 2.36. The van der Waals surface area contributed by atoms with Crippen LogP contribution < -0.4 is 5.32 Å². The van der Waals surface area contributed by atoms with Gasteiger partial charge in [-0.15, -0.1) is 0 Å². The highest BCUT2D eigenvalue weighted by Gasteiger charge is 2.17. The molecule has 0 unspecified atom stereocenters. The third kappa shape index (κ3) is 5.76. The zero-order chi connectivity index (χ0) is 15.2. The molecule has 0 spiro atoms. The van der Waals surface area contributed by atoms with Crippen LogP contribution in [0.3, 0.4) is 0 Å². The maximum atomic E-state index is 11.9. The van der Waals surface area contributed by atoms with Crippen LogP contribution in [0.15, 0.2) is 30.3 Å². The summed E-state index contributed by atoms with van der Waals surface area (Å²) in [5.74, 6) is -0.131. The first-order chi connectivity index (χ1) is 9.34. The van der Waals surface area contributed by atoms with Crippen LogP contribution in [-0.2, 0) is 4.79 Å². The summed E-state index contributed by atoms with van der Waals surface area (Å²) in [6, 6.07) is 7.41. The van der Waals surface area contributed by atoms with Crippen molar-refractivity contribution in [1.29, 1.82) is 0 Å². The fraction of sp³-hybridized carbons (Fsp3) is 0.438. The quantitative estimate of drug-likeness (QED) is 0.791. The van der Waals surface area contributed by atoms with Crippen molar-refractivity contribution in [2.75, 3.05) is 13.2 Å². The molecule has 0 saturated heterocycles. The minimum Gasteiger partial charge on any atom is -0.396 e. The van der Waals surface area contributed by atoms with Gasteiger partial charge < -0.3 is 10.4 Å². The molecule has 0 aliphatic rings. The minimum atomic E-state index is -0.131. The number of amides is 1. The molecule has 1 amide bonds. The highest BCUT2D eigenvalue weighted by molar-refractivity contribution is 6.30. The van der Waals surface area contributed by atoms with Crippen LogP contribution in [0.1, 0.15) is 32.8 Å². The largest absolute Gasteiger partial charge is 0.396 e. The fourth-order valence-electron chi connectivity index (χ4n) is 1.78. The Morgan fingerprint density at radius 3 is 2.75 bits per heavy atom. The van der Waals surface area contributed by atoms with Gasteiger partial charge in [0.25, 0.3) is 0 Å². The molecule has 2 N–H and O–H groups in total. The van der Waals surface area contributed by atoms with Gasteiger partial charge in [-0.25, -0.2) is 0 Å². The van der Waals surface area contributed by atoms with Gasteiger partial charge in [0.15, 0.2) is 0 Å². The molecule has 1 aromatic carbocycles. The number of aliphatic hydroxyl groups is 1. The first-order valence-corrected chi connectivity index (χ1v) is 7.05. The Balaban J connectivity index is 2.63. The summed E-state index contributed by atoms with van der Waals surface area (Å²) < 4.78 is 0. The summed E-state index contributed by atoms with van der Waals surface area (Å²) >= 11 is 5.93. The number of allylic oxidation sites excluding steroid dienone is 1. The van der Waals surface area contributed by atoms with Gasteiger partial charge in [0.2, 0.25) is 5.91 Å². The van der Waals surface area contributed by atoms with Gasteiger partial charge in [-0.1, -0.05) is 37.6 Å². The molecule has 4 heteroatoms. The van der Waals surface area contributed by atoms with Gasteiger partial charge in [0.1, 0.15) is 0 Å². The molecule has 0 bridgehead atoms. The summed E-state index contributed by atoms with van der Waals surface area (Å²) in [5.41, 5.74) is 1.69. The summed E-state index contributed by atoms with van der Waals surface area (Å²) in [7, 11) is 0. The molecule has 20 heavy (non-hydrogen) atoms. The molecule has 3 nitrogen and oxygen atoms in total. The molecule has 1 aromatic rings. The summed E-state index contributed by atoms with van der Waals surface area (Å²) in [5, 5.41) is 12.5. The molecule has 0 aliphatic carbocycles. The van der Waals surface area contributed by atoms with Crippen molar-refractivity contribution in [2.24, 2.45) is 5.41 Å². The Morgan fingerprint density at radius 1 is 1.45 bits per heavy atom. The lowest BCUT2D eigenvalue weighted by Gasteiger charge is -2.23. The molecule has 0 aromatic heterocycles. The monoisotopic (exact) mass is 295 g/mol. The second-order valence-electron chi connectivity index (χ2n) is 5.69. The van der Waals surface area contributed by atoms with Gasteiger partial charge in [0, 0.05) is 24.3 Å². The standard InChI is InChI=1S/C16H22ClNO2/c1-12(13-5-4-6-14(17)10-13)9-15(20)18-11-16(2,3)7-8-19/h4-6,9-10,19H,7-8,11H2,1-3H3,(H,18,20)/b12-9-. The van der Waals surface area contributed by atoms with Gasteiger partial charge >= 0.3 is 0 Å². The number of halogens is 1. The first-order valence-electron chi connectivity index (χ1n) is 6.67.